The molecule has 4 heteroatoms. The van der Waals surface area contributed by atoms with Crippen LogP contribution in [0.4, 0.5) is 10.1 Å². The first-order valence-corrected chi connectivity index (χ1v) is 6.14. The summed E-state index contributed by atoms with van der Waals surface area (Å²) in [6.07, 6.45) is 1.10. The van der Waals surface area contributed by atoms with Crippen LogP contribution in [0.5, 0.6) is 0 Å². The van der Waals surface area contributed by atoms with Gasteiger partial charge in [-0.15, -0.1) is 0 Å². The number of ether oxygens (including phenoxy) is 1. The van der Waals surface area contributed by atoms with E-state index in [0.29, 0.717) is 0 Å². The van der Waals surface area contributed by atoms with Crippen molar-refractivity contribution in [2.24, 2.45) is 0 Å². The average Bonchev–Trinajstić information content (AvgIpc) is 2.58. The Hall–Kier alpha value is -1.13. The van der Waals surface area contributed by atoms with Crippen LogP contribution in [0.25, 0.3) is 0 Å². The highest BCUT2D eigenvalue weighted by Gasteiger charge is 2.07. The number of hydrogen-bond donors (Lipinski definition) is 1. The fraction of sp³-hybridized carbons (Fsp3) is 0.538. The summed E-state index contributed by atoms with van der Waals surface area (Å²) in [5.74, 6) is -0.196. The Kier molecular flexibility index (Phi) is 4.76. The molecule has 94 valence electrons. The minimum absolute atomic E-state index is 0.196. The van der Waals surface area contributed by atoms with E-state index in [9.17, 15) is 4.39 Å². The van der Waals surface area contributed by atoms with E-state index in [2.05, 4.69) is 10.2 Å². The van der Waals surface area contributed by atoms with Crippen molar-refractivity contribution in [2.45, 2.75) is 6.42 Å². The van der Waals surface area contributed by atoms with Crippen LogP contribution in [0.1, 0.15) is 6.42 Å². The van der Waals surface area contributed by atoms with Crippen molar-refractivity contribution in [3.63, 3.8) is 0 Å². The van der Waals surface area contributed by atoms with E-state index in [-0.39, 0.29) is 5.82 Å². The summed E-state index contributed by atoms with van der Waals surface area (Å²) < 4.78 is 18.3. The van der Waals surface area contributed by atoms with Gasteiger partial charge in [0.05, 0.1) is 6.61 Å². The lowest BCUT2D eigenvalue weighted by molar-refractivity contribution is 0.142. The van der Waals surface area contributed by atoms with Gasteiger partial charge < -0.3 is 10.1 Å². The molecule has 1 aromatic carbocycles. The second-order valence-corrected chi connectivity index (χ2v) is 4.24. The zero-order valence-corrected chi connectivity index (χ0v) is 9.99. The van der Waals surface area contributed by atoms with Gasteiger partial charge in [-0.25, -0.2) is 4.39 Å². The predicted molar refractivity (Wildman–Crippen MR) is 66.8 cm³/mol. The number of nitrogens with one attached hydrogen (secondary N) is 1. The molecule has 1 aliphatic heterocycles. The van der Waals surface area contributed by atoms with Crippen LogP contribution in [-0.2, 0) is 4.74 Å². The molecule has 0 bridgehead atoms. The fourth-order valence-electron chi connectivity index (χ4n) is 1.98. The van der Waals surface area contributed by atoms with E-state index >= 15 is 0 Å². The molecular weight excluding hydrogens is 219 g/mol. The Morgan fingerprint density at radius 1 is 1.29 bits per heavy atom. The number of benzene rings is 1. The van der Waals surface area contributed by atoms with Gasteiger partial charge >= 0.3 is 0 Å². The minimum atomic E-state index is -0.196. The monoisotopic (exact) mass is 238 g/mol. The second-order valence-electron chi connectivity index (χ2n) is 4.24. The van der Waals surface area contributed by atoms with E-state index in [1.807, 2.05) is 6.07 Å². The third kappa shape index (κ3) is 4.32. The second kappa shape index (κ2) is 6.57. The van der Waals surface area contributed by atoms with Gasteiger partial charge in [-0.1, -0.05) is 6.07 Å². The Morgan fingerprint density at radius 3 is 3.12 bits per heavy atom. The topological polar surface area (TPSA) is 24.5 Å². The van der Waals surface area contributed by atoms with Crippen LogP contribution in [0, 0.1) is 5.82 Å². The summed E-state index contributed by atoms with van der Waals surface area (Å²) in [6, 6.07) is 6.58. The van der Waals surface area contributed by atoms with Crippen molar-refractivity contribution >= 4 is 5.69 Å². The summed E-state index contributed by atoms with van der Waals surface area (Å²) in [7, 11) is 0. The average molecular weight is 238 g/mol. The van der Waals surface area contributed by atoms with E-state index in [0.717, 1.165) is 51.5 Å². The SMILES string of the molecule is Fc1cccc(NCCN2CCCOCC2)c1. The molecule has 3 nitrogen and oxygen atoms in total. The maximum atomic E-state index is 12.9. The van der Waals surface area contributed by atoms with Crippen LogP contribution in [-0.4, -0.2) is 44.3 Å². The van der Waals surface area contributed by atoms with E-state index in [4.69, 9.17) is 4.74 Å². The first kappa shape index (κ1) is 12.3. The molecule has 1 saturated heterocycles. The van der Waals surface area contributed by atoms with Gasteiger partial charge in [0.1, 0.15) is 5.82 Å². The maximum absolute atomic E-state index is 12.9. The lowest BCUT2D eigenvalue weighted by Gasteiger charge is -2.19. The lowest BCUT2D eigenvalue weighted by atomic mass is 10.3. The van der Waals surface area contributed by atoms with E-state index in [1.54, 1.807) is 6.07 Å². The number of nitrogens with zero attached hydrogens (tertiary/aromatic N) is 1. The molecule has 0 atom stereocenters. The molecule has 17 heavy (non-hydrogen) atoms. The Balaban J connectivity index is 1.71. The molecule has 0 radical (unpaired) electrons. The van der Waals surface area contributed by atoms with Gasteiger partial charge in [0.15, 0.2) is 0 Å². The third-order valence-electron chi connectivity index (χ3n) is 2.90. The van der Waals surface area contributed by atoms with Crippen LogP contribution >= 0.6 is 0 Å². The molecular formula is C13H19FN2O. The van der Waals surface area contributed by atoms with Gasteiger partial charge in [0.25, 0.3) is 0 Å². The standard InChI is InChI=1S/C13H19FN2O/c14-12-3-1-4-13(11-12)15-5-7-16-6-2-9-17-10-8-16/h1,3-4,11,15H,2,5-10H2. The zero-order chi connectivity index (χ0) is 11.9. The van der Waals surface area contributed by atoms with E-state index < -0.39 is 0 Å². The Bertz CT molecular complexity index is 338. The smallest absolute Gasteiger partial charge is 0.125 e. The molecule has 0 saturated carbocycles. The van der Waals surface area contributed by atoms with Crippen LogP contribution in [0.3, 0.4) is 0 Å². The van der Waals surface area contributed by atoms with Crippen LogP contribution < -0.4 is 5.32 Å². The molecule has 0 amide bonds. The Labute approximate surface area is 102 Å². The molecule has 0 aromatic heterocycles. The maximum Gasteiger partial charge on any atom is 0.125 e. The lowest BCUT2D eigenvalue weighted by Crippen LogP contribution is -2.31. The molecule has 0 unspecified atom stereocenters. The zero-order valence-electron chi connectivity index (χ0n) is 9.99. The minimum Gasteiger partial charge on any atom is -0.384 e. The normalized spacial score (nSPS) is 17.7. The highest BCUT2D eigenvalue weighted by molar-refractivity contribution is 5.42. The first-order chi connectivity index (χ1) is 8.34. The fourth-order valence-corrected chi connectivity index (χ4v) is 1.98. The summed E-state index contributed by atoms with van der Waals surface area (Å²) in [5, 5.41) is 3.23. The van der Waals surface area contributed by atoms with Crippen LogP contribution in [0.2, 0.25) is 0 Å². The van der Waals surface area contributed by atoms with Crippen molar-refractivity contribution in [1.82, 2.24) is 4.90 Å². The van der Waals surface area contributed by atoms with Gasteiger partial charge in [-0.2, -0.15) is 0 Å². The number of anilines is 1. The van der Waals surface area contributed by atoms with Gasteiger partial charge in [-0.05, 0) is 24.6 Å². The molecule has 2 rings (SSSR count). The van der Waals surface area contributed by atoms with Crippen molar-refractivity contribution in [3.8, 4) is 0 Å². The van der Waals surface area contributed by atoms with E-state index in [1.165, 1.54) is 12.1 Å². The van der Waals surface area contributed by atoms with Crippen molar-refractivity contribution in [3.05, 3.63) is 30.1 Å². The number of rotatable bonds is 4. The Morgan fingerprint density at radius 2 is 2.24 bits per heavy atom. The quantitative estimate of drug-likeness (QED) is 0.868. The van der Waals surface area contributed by atoms with Gasteiger partial charge in [0, 0.05) is 38.5 Å². The summed E-state index contributed by atoms with van der Waals surface area (Å²) in [6.45, 7) is 5.58. The predicted octanol–water partition coefficient (Wildman–Crippen LogP) is 1.96. The van der Waals surface area contributed by atoms with Crippen molar-refractivity contribution in [2.75, 3.05) is 44.7 Å². The summed E-state index contributed by atoms with van der Waals surface area (Å²) >= 11 is 0. The first-order valence-electron chi connectivity index (χ1n) is 6.14. The molecule has 1 aromatic rings. The summed E-state index contributed by atoms with van der Waals surface area (Å²) in [5.41, 5.74) is 0.844. The summed E-state index contributed by atoms with van der Waals surface area (Å²) in [4.78, 5) is 2.37. The molecule has 1 aliphatic rings. The highest BCUT2D eigenvalue weighted by atomic mass is 19.1. The molecule has 1 heterocycles. The van der Waals surface area contributed by atoms with Crippen molar-refractivity contribution < 1.29 is 9.13 Å². The molecule has 1 fully saturated rings. The number of halogens is 1. The van der Waals surface area contributed by atoms with Crippen LogP contribution in [0.15, 0.2) is 24.3 Å². The molecule has 0 aliphatic carbocycles. The largest absolute Gasteiger partial charge is 0.384 e. The number of hydrogen-bond acceptors (Lipinski definition) is 3. The highest BCUT2D eigenvalue weighted by Crippen LogP contribution is 2.08. The molecule has 1 N–H and O–H groups in total. The molecule has 0 spiro atoms. The van der Waals surface area contributed by atoms with Crippen molar-refractivity contribution in [1.29, 1.82) is 0 Å². The van der Waals surface area contributed by atoms with Gasteiger partial charge in [0.2, 0.25) is 0 Å². The third-order valence-corrected chi connectivity index (χ3v) is 2.90. The van der Waals surface area contributed by atoms with Gasteiger partial charge in [-0.3, -0.25) is 4.90 Å².